The van der Waals surface area contributed by atoms with Crippen LogP contribution in [-0.2, 0) is 16.1 Å². The van der Waals surface area contributed by atoms with Crippen LogP contribution in [0, 0.1) is 16.3 Å². The van der Waals surface area contributed by atoms with Crippen molar-refractivity contribution in [2.24, 2.45) is 4.99 Å². The summed E-state index contributed by atoms with van der Waals surface area (Å²) < 4.78 is 27.4. The Balaban J connectivity index is 1.51. The van der Waals surface area contributed by atoms with E-state index >= 15 is 0 Å². The van der Waals surface area contributed by atoms with Gasteiger partial charge in [0.1, 0.15) is 18.2 Å². The van der Waals surface area contributed by atoms with Crippen molar-refractivity contribution in [1.29, 1.82) is 0 Å². The summed E-state index contributed by atoms with van der Waals surface area (Å²) in [5.41, 5.74) is 4.26. The average Bonchev–Trinajstić information content (AvgIpc) is 3.23. The first kappa shape index (κ1) is 28.0. The number of hydrogen-bond acceptors (Lipinski definition) is 6. The first-order valence-corrected chi connectivity index (χ1v) is 14.6. The van der Waals surface area contributed by atoms with E-state index in [0.717, 1.165) is 25.8 Å². The van der Waals surface area contributed by atoms with E-state index in [2.05, 4.69) is 27.6 Å². The minimum Gasteiger partial charge on any atom is -0.488 e. The molecule has 0 saturated carbocycles. The van der Waals surface area contributed by atoms with E-state index in [1.54, 1.807) is 30.5 Å². The number of carbonyl (C=O) groups excluding carboxylic acids is 1. The molecule has 1 aromatic heterocycles. The highest BCUT2D eigenvalue weighted by molar-refractivity contribution is 14.1. The van der Waals surface area contributed by atoms with Gasteiger partial charge in [-0.05, 0) is 90.4 Å². The Labute approximate surface area is 248 Å². The molecule has 0 fully saturated rings. The first-order valence-electron chi connectivity index (χ1n) is 12.7. The summed E-state index contributed by atoms with van der Waals surface area (Å²) >= 11 is 3.48. The smallest absolute Gasteiger partial charge is 0.338 e. The maximum atomic E-state index is 13.8. The highest BCUT2D eigenvalue weighted by Crippen LogP contribution is 2.31. The summed E-state index contributed by atoms with van der Waals surface area (Å²) in [5, 5.41) is 0. The standard InChI is InChI=1S/C31H26FIN2O4S/c1-4-38-30(37)27-19(3)34-31-35(28(27)22-10-5-18(2)6-11-22)29(36)26(40-31)16-21-9-14-25(24(33)15-21)39-17-20-7-12-23(32)13-8-20/h5-16,28H,4,17H2,1-3H3/b26-16+/t28-/m0/s1. The topological polar surface area (TPSA) is 69.9 Å². The molecular formula is C31H26FIN2O4S. The number of rotatable bonds is 7. The number of carbonyl (C=O) groups is 1. The van der Waals surface area contributed by atoms with Gasteiger partial charge in [-0.1, -0.05) is 59.4 Å². The summed E-state index contributed by atoms with van der Waals surface area (Å²) in [6, 6.07) is 19.0. The molecule has 0 N–H and O–H groups in total. The van der Waals surface area contributed by atoms with E-state index in [9.17, 15) is 14.0 Å². The maximum absolute atomic E-state index is 13.8. The van der Waals surface area contributed by atoms with Gasteiger partial charge in [0.2, 0.25) is 0 Å². The number of aromatic nitrogens is 1. The second-order valence-corrected chi connectivity index (χ2v) is 11.5. The van der Waals surface area contributed by atoms with E-state index in [1.807, 2.05) is 55.5 Å². The summed E-state index contributed by atoms with van der Waals surface area (Å²) in [6.45, 7) is 6.06. The van der Waals surface area contributed by atoms with Crippen molar-refractivity contribution in [2.45, 2.75) is 33.4 Å². The number of esters is 1. The summed E-state index contributed by atoms with van der Waals surface area (Å²) in [7, 11) is 0. The number of thiazole rings is 1. The average molecular weight is 669 g/mol. The van der Waals surface area contributed by atoms with Crippen molar-refractivity contribution in [3.05, 3.63) is 129 Å². The highest BCUT2D eigenvalue weighted by atomic mass is 127. The first-order chi connectivity index (χ1) is 19.2. The normalized spacial score (nSPS) is 15.0. The van der Waals surface area contributed by atoms with Crippen molar-refractivity contribution in [2.75, 3.05) is 6.61 Å². The Morgan fingerprint density at radius 1 is 1.10 bits per heavy atom. The fraction of sp³-hybridized carbons (Fsp3) is 0.194. The number of hydrogen-bond donors (Lipinski definition) is 0. The number of ether oxygens (including phenoxy) is 2. The van der Waals surface area contributed by atoms with Gasteiger partial charge in [0.05, 0.1) is 32.0 Å². The summed E-state index contributed by atoms with van der Waals surface area (Å²) in [4.78, 5) is 32.0. The molecule has 5 rings (SSSR count). The molecule has 204 valence electrons. The van der Waals surface area contributed by atoms with Crippen LogP contribution in [0.25, 0.3) is 6.08 Å². The second kappa shape index (κ2) is 11.9. The van der Waals surface area contributed by atoms with Gasteiger partial charge in [0, 0.05) is 0 Å². The van der Waals surface area contributed by atoms with Gasteiger partial charge in [0.25, 0.3) is 5.56 Å². The van der Waals surface area contributed by atoms with Gasteiger partial charge >= 0.3 is 5.97 Å². The molecule has 4 aromatic rings. The Hall–Kier alpha value is -3.57. The van der Waals surface area contributed by atoms with Crippen LogP contribution in [-0.4, -0.2) is 17.1 Å². The molecule has 0 spiro atoms. The fourth-order valence-electron chi connectivity index (χ4n) is 4.47. The molecule has 40 heavy (non-hydrogen) atoms. The molecule has 0 aliphatic carbocycles. The molecule has 0 saturated heterocycles. The molecule has 0 radical (unpaired) electrons. The van der Waals surface area contributed by atoms with Gasteiger partial charge in [0.15, 0.2) is 4.80 Å². The van der Waals surface area contributed by atoms with Crippen LogP contribution in [0.3, 0.4) is 0 Å². The lowest BCUT2D eigenvalue weighted by Crippen LogP contribution is -2.39. The van der Waals surface area contributed by atoms with Crippen LogP contribution >= 0.6 is 33.9 Å². The Bertz CT molecular complexity index is 1790. The van der Waals surface area contributed by atoms with Crippen LogP contribution < -0.4 is 19.6 Å². The van der Waals surface area contributed by atoms with Crippen molar-refractivity contribution in [3.8, 4) is 5.75 Å². The number of fused-ring (bicyclic) bond motifs is 1. The van der Waals surface area contributed by atoms with Gasteiger partial charge < -0.3 is 9.47 Å². The van der Waals surface area contributed by atoms with Crippen molar-refractivity contribution in [3.63, 3.8) is 0 Å². The number of allylic oxidation sites excluding steroid dienone is 1. The zero-order valence-corrected chi connectivity index (χ0v) is 25.1. The van der Waals surface area contributed by atoms with Crippen LogP contribution in [0.4, 0.5) is 4.39 Å². The zero-order chi connectivity index (χ0) is 28.4. The molecule has 1 aliphatic heterocycles. The number of halogens is 2. The molecule has 6 nitrogen and oxygen atoms in total. The molecule has 0 amide bonds. The second-order valence-electron chi connectivity index (χ2n) is 9.32. The number of aryl methyl sites for hydroxylation is 1. The van der Waals surface area contributed by atoms with Gasteiger partial charge in [-0.2, -0.15) is 0 Å². The van der Waals surface area contributed by atoms with E-state index in [-0.39, 0.29) is 18.0 Å². The van der Waals surface area contributed by atoms with Crippen molar-refractivity contribution in [1.82, 2.24) is 4.57 Å². The van der Waals surface area contributed by atoms with Gasteiger partial charge in [-0.3, -0.25) is 9.36 Å². The number of benzene rings is 3. The molecule has 0 bridgehead atoms. The third-order valence-electron chi connectivity index (χ3n) is 6.47. The lowest BCUT2D eigenvalue weighted by atomic mass is 9.95. The highest BCUT2D eigenvalue weighted by Gasteiger charge is 2.33. The van der Waals surface area contributed by atoms with Crippen LogP contribution in [0.15, 0.2) is 87.8 Å². The zero-order valence-electron chi connectivity index (χ0n) is 22.1. The van der Waals surface area contributed by atoms with Gasteiger partial charge in [-0.15, -0.1) is 0 Å². The van der Waals surface area contributed by atoms with Gasteiger partial charge in [-0.25, -0.2) is 14.2 Å². The van der Waals surface area contributed by atoms with E-state index in [4.69, 9.17) is 9.47 Å². The molecule has 3 aromatic carbocycles. The van der Waals surface area contributed by atoms with E-state index in [1.165, 1.54) is 23.5 Å². The monoisotopic (exact) mass is 668 g/mol. The van der Waals surface area contributed by atoms with Crippen LogP contribution in [0.5, 0.6) is 5.75 Å². The maximum Gasteiger partial charge on any atom is 0.338 e. The van der Waals surface area contributed by atoms with Crippen molar-refractivity contribution >= 4 is 46.0 Å². The lowest BCUT2D eigenvalue weighted by Gasteiger charge is -2.24. The van der Waals surface area contributed by atoms with Crippen LogP contribution in [0.2, 0.25) is 0 Å². The molecule has 9 heteroatoms. The SMILES string of the molecule is CCOC(=O)C1=C(C)N=c2s/c(=C/c3ccc(OCc4ccc(F)cc4)c(I)c3)c(=O)n2[C@H]1c1ccc(C)cc1. The Morgan fingerprint density at radius 2 is 1.82 bits per heavy atom. The molecule has 1 atom stereocenters. The van der Waals surface area contributed by atoms with Crippen molar-refractivity contribution < 1.29 is 18.7 Å². The molecule has 2 heterocycles. The molecular weight excluding hydrogens is 642 g/mol. The lowest BCUT2D eigenvalue weighted by molar-refractivity contribution is -0.139. The Kier molecular flexibility index (Phi) is 8.32. The quantitative estimate of drug-likeness (QED) is 0.195. The predicted octanol–water partition coefficient (Wildman–Crippen LogP) is 5.43. The molecule has 0 unspecified atom stereocenters. The summed E-state index contributed by atoms with van der Waals surface area (Å²) in [5.74, 6) is -0.0718. The van der Waals surface area contributed by atoms with E-state index < -0.39 is 12.0 Å². The predicted molar refractivity (Wildman–Crippen MR) is 161 cm³/mol. The number of nitrogens with zero attached hydrogens (tertiary/aromatic N) is 2. The third-order valence-corrected chi connectivity index (χ3v) is 8.30. The molecule has 1 aliphatic rings. The van der Waals surface area contributed by atoms with Crippen LogP contribution in [0.1, 0.15) is 42.1 Å². The Morgan fingerprint density at radius 3 is 2.50 bits per heavy atom. The van der Waals surface area contributed by atoms with E-state index in [0.29, 0.717) is 33.0 Å². The third kappa shape index (κ3) is 5.80. The minimum atomic E-state index is -0.638. The summed E-state index contributed by atoms with van der Waals surface area (Å²) in [6.07, 6.45) is 1.82. The minimum absolute atomic E-state index is 0.225. The largest absolute Gasteiger partial charge is 0.488 e. The fourth-order valence-corrected chi connectivity index (χ4v) is 6.21.